The molecule has 5 heteroatoms. The van der Waals surface area contributed by atoms with Gasteiger partial charge in [0.15, 0.2) is 0 Å². The predicted molar refractivity (Wildman–Crippen MR) is 95.0 cm³/mol. The zero-order valence-corrected chi connectivity index (χ0v) is 15.4. The van der Waals surface area contributed by atoms with Crippen molar-refractivity contribution in [3.8, 4) is 5.75 Å². The van der Waals surface area contributed by atoms with Crippen LogP contribution in [0.2, 0.25) is 0 Å². The zero-order chi connectivity index (χ0) is 14.4. The molecule has 2 saturated heterocycles. The SMILES string of the molecule is CN(Cc1cc(Br)cc2c1OCC2)C1CC2CCC(C1)N2.Cl. The van der Waals surface area contributed by atoms with Crippen LogP contribution in [0.15, 0.2) is 16.6 Å². The smallest absolute Gasteiger partial charge is 0.127 e. The normalized spacial score (nSPS) is 29.1. The van der Waals surface area contributed by atoms with Gasteiger partial charge in [-0.2, -0.15) is 0 Å². The van der Waals surface area contributed by atoms with Gasteiger partial charge in [0.1, 0.15) is 5.75 Å². The molecule has 2 atom stereocenters. The van der Waals surface area contributed by atoms with Crippen LogP contribution in [0, 0.1) is 0 Å². The standard InChI is InChI=1S/C17H23BrN2O.ClH/c1-20(16-8-14-2-3-15(9-16)19-14)10-12-7-13(18)6-11-4-5-21-17(11)12;/h6-7,14-16,19H,2-5,8-10H2,1H3;1H. The third kappa shape index (κ3) is 3.16. The van der Waals surface area contributed by atoms with Crippen molar-refractivity contribution in [1.82, 2.24) is 10.2 Å². The maximum atomic E-state index is 5.87. The number of nitrogens with zero attached hydrogens (tertiary/aromatic N) is 1. The number of ether oxygens (including phenoxy) is 1. The van der Waals surface area contributed by atoms with E-state index in [9.17, 15) is 0 Å². The fourth-order valence-corrected chi connectivity index (χ4v) is 4.80. The Labute approximate surface area is 147 Å². The van der Waals surface area contributed by atoms with Crippen LogP contribution in [0.5, 0.6) is 5.75 Å². The largest absolute Gasteiger partial charge is 0.493 e. The summed E-state index contributed by atoms with van der Waals surface area (Å²) >= 11 is 3.65. The molecule has 2 unspecified atom stereocenters. The van der Waals surface area contributed by atoms with Gasteiger partial charge in [-0.05, 0) is 50.4 Å². The van der Waals surface area contributed by atoms with Gasteiger partial charge in [-0.1, -0.05) is 15.9 Å². The van der Waals surface area contributed by atoms with Crippen LogP contribution >= 0.6 is 28.3 Å². The summed E-state index contributed by atoms with van der Waals surface area (Å²) in [4.78, 5) is 2.54. The summed E-state index contributed by atoms with van der Waals surface area (Å²) in [6, 6.07) is 6.65. The highest BCUT2D eigenvalue weighted by molar-refractivity contribution is 9.10. The van der Waals surface area contributed by atoms with Gasteiger partial charge in [0, 0.05) is 41.1 Å². The lowest BCUT2D eigenvalue weighted by atomic mass is 9.98. The monoisotopic (exact) mass is 386 g/mol. The Morgan fingerprint density at radius 3 is 2.73 bits per heavy atom. The van der Waals surface area contributed by atoms with Gasteiger partial charge in [0.2, 0.25) is 0 Å². The van der Waals surface area contributed by atoms with Gasteiger partial charge in [-0.25, -0.2) is 0 Å². The van der Waals surface area contributed by atoms with Crippen molar-refractivity contribution in [1.29, 1.82) is 0 Å². The van der Waals surface area contributed by atoms with E-state index in [1.165, 1.54) is 41.3 Å². The fourth-order valence-electron chi connectivity index (χ4n) is 4.25. The van der Waals surface area contributed by atoms with Gasteiger partial charge < -0.3 is 10.1 Å². The molecule has 0 saturated carbocycles. The Kier molecular flexibility index (Phi) is 5.03. The minimum Gasteiger partial charge on any atom is -0.493 e. The Bertz CT molecular complexity index is 542. The number of halogens is 2. The van der Waals surface area contributed by atoms with E-state index >= 15 is 0 Å². The molecule has 1 aromatic rings. The minimum absolute atomic E-state index is 0. The summed E-state index contributed by atoms with van der Waals surface area (Å²) in [5.41, 5.74) is 2.70. The number of fused-ring (bicyclic) bond motifs is 3. The third-order valence-corrected chi connectivity index (χ3v) is 5.77. The van der Waals surface area contributed by atoms with Crippen LogP contribution in [-0.2, 0) is 13.0 Å². The lowest BCUT2D eigenvalue weighted by Crippen LogP contribution is -2.46. The Morgan fingerprint density at radius 1 is 1.27 bits per heavy atom. The number of hydrogen-bond acceptors (Lipinski definition) is 3. The molecule has 0 aliphatic carbocycles. The molecule has 22 heavy (non-hydrogen) atoms. The Balaban J connectivity index is 0.00000144. The summed E-state index contributed by atoms with van der Waals surface area (Å²) < 4.78 is 7.05. The first-order valence-electron chi connectivity index (χ1n) is 8.09. The number of benzene rings is 1. The predicted octanol–water partition coefficient (Wildman–Crippen LogP) is 3.52. The maximum absolute atomic E-state index is 5.87. The molecule has 3 nitrogen and oxygen atoms in total. The first kappa shape index (κ1) is 16.6. The minimum atomic E-state index is 0. The fraction of sp³-hybridized carbons (Fsp3) is 0.647. The lowest BCUT2D eigenvalue weighted by molar-refractivity contribution is 0.164. The van der Waals surface area contributed by atoms with Gasteiger partial charge >= 0.3 is 0 Å². The zero-order valence-electron chi connectivity index (χ0n) is 13.0. The summed E-state index contributed by atoms with van der Waals surface area (Å²) in [6.45, 7) is 1.83. The van der Waals surface area contributed by atoms with E-state index in [0.717, 1.165) is 37.4 Å². The molecule has 1 N–H and O–H groups in total. The van der Waals surface area contributed by atoms with Crippen molar-refractivity contribution >= 4 is 28.3 Å². The molecule has 1 aromatic carbocycles. The van der Waals surface area contributed by atoms with Crippen molar-refractivity contribution in [2.24, 2.45) is 0 Å². The summed E-state index contributed by atoms with van der Waals surface area (Å²) in [6.07, 6.45) is 6.37. The number of hydrogen-bond donors (Lipinski definition) is 1. The molecule has 122 valence electrons. The molecule has 0 radical (unpaired) electrons. The molecule has 0 amide bonds. The molecule has 3 aliphatic heterocycles. The molecule has 0 spiro atoms. The van der Waals surface area contributed by atoms with Crippen LogP contribution in [-0.4, -0.2) is 36.7 Å². The van der Waals surface area contributed by atoms with Crippen LogP contribution in [0.4, 0.5) is 0 Å². The molecule has 3 aliphatic rings. The highest BCUT2D eigenvalue weighted by Crippen LogP contribution is 2.35. The molecule has 2 fully saturated rings. The van der Waals surface area contributed by atoms with Gasteiger partial charge in [0.05, 0.1) is 6.61 Å². The first-order valence-corrected chi connectivity index (χ1v) is 8.89. The molecule has 3 heterocycles. The van der Waals surface area contributed by atoms with Crippen molar-refractivity contribution in [2.45, 2.75) is 56.8 Å². The summed E-state index contributed by atoms with van der Waals surface area (Å²) in [7, 11) is 2.28. The Morgan fingerprint density at radius 2 is 2.00 bits per heavy atom. The second kappa shape index (κ2) is 6.68. The second-order valence-electron chi connectivity index (χ2n) is 6.83. The van der Waals surface area contributed by atoms with E-state index < -0.39 is 0 Å². The van der Waals surface area contributed by atoms with E-state index in [1.807, 2.05) is 0 Å². The van der Waals surface area contributed by atoms with Gasteiger partial charge in [0.25, 0.3) is 0 Å². The number of rotatable bonds is 3. The first-order chi connectivity index (χ1) is 10.2. The molecular formula is C17H24BrClN2O. The highest BCUT2D eigenvalue weighted by atomic mass is 79.9. The van der Waals surface area contributed by atoms with E-state index in [4.69, 9.17) is 4.74 Å². The molecule has 0 aromatic heterocycles. The van der Waals surface area contributed by atoms with Gasteiger partial charge in [-0.15, -0.1) is 12.4 Å². The van der Waals surface area contributed by atoms with Crippen molar-refractivity contribution in [3.05, 3.63) is 27.7 Å². The van der Waals surface area contributed by atoms with Crippen molar-refractivity contribution in [3.63, 3.8) is 0 Å². The maximum Gasteiger partial charge on any atom is 0.127 e. The quantitative estimate of drug-likeness (QED) is 0.859. The van der Waals surface area contributed by atoms with Crippen molar-refractivity contribution < 1.29 is 4.74 Å². The molecule has 4 rings (SSSR count). The topological polar surface area (TPSA) is 24.5 Å². The van der Waals surface area contributed by atoms with E-state index in [2.05, 4.69) is 45.3 Å². The van der Waals surface area contributed by atoms with Crippen LogP contribution in [0.1, 0.15) is 36.8 Å². The molecule has 2 bridgehead atoms. The number of nitrogens with one attached hydrogen (secondary N) is 1. The second-order valence-corrected chi connectivity index (χ2v) is 7.75. The average molecular weight is 388 g/mol. The van der Waals surface area contributed by atoms with Crippen LogP contribution < -0.4 is 10.1 Å². The van der Waals surface area contributed by atoms with E-state index in [1.54, 1.807) is 0 Å². The van der Waals surface area contributed by atoms with E-state index in [0.29, 0.717) is 6.04 Å². The van der Waals surface area contributed by atoms with Crippen molar-refractivity contribution in [2.75, 3.05) is 13.7 Å². The van der Waals surface area contributed by atoms with E-state index in [-0.39, 0.29) is 12.4 Å². The van der Waals surface area contributed by atoms with Crippen LogP contribution in [0.25, 0.3) is 0 Å². The van der Waals surface area contributed by atoms with Gasteiger partial charge in [-0.3, -0.25) is 4.90 Å². The Hall–Kier alpha value is -0.290. The lowest BCUT2D eigenvalue weighted by Gasteiger charge is -2.35. The van der Waals surface area contributed by atoms with Crippen LogP contribution in [0.3, 0.4) is 0 Å². The summed E-state index contributed by atoms with van der Waals surface area (Å²) in [5, 5.41) is 3.73. The highest BCUT2D eigenvalue weighted by Gasteiger charge is 2.35. The third-order valence-electron chi connectivity index (χ3n) is 5.32. The number of piperidine rings is 1. The molecular weight excluding hydrogens is 364 g/mol. The summed E-state index contributed by atoms with van der Waals surface area (Å²) in [5.74, 6) is 1.14. The average Bonchev–Trinajstić information content (AvgIpc) is 3.05.